The zero-order valence-electron chi connectivity index (χ0n) is 11.5. The maximum atomic E-state index is 5.55. The van der Waals surface area contributed by atoms with E-state index in [0.717, 1.165) is 19.4 Å². The zero-order chi connectivity index (χ0) is 13.5. The number of rotatable bonds is 5. The van der Waals surface area contributed by atoms with Crippen molar-refractivity contribution in [1.29, 1.82) is 0 Å². The molecule has 2 aromatic rings. The molecule has 1 nitrogen and oxygen atoms in total. The van der Waals surface area contributed by atoms with Crippen molar-refractivity contribution in [2.24, 2.45) is 5.73 Å². The van der Waals surface area contributed by atoms with Gasteiger partial charge in [-0.1, -0.05) is 60.7 Å². The fourth-order valence-corrected chi connectivity index (χ4v) is 2.12. The van der Waals surface area contributed by atoms with Gasteiger partial charge in [-0.15, -0.1) is 0 Å². The molecule has 0 aliphatic carbocycles. The van der Waals surface area contributed by atoms with Crippen molar-refractivity contribution < 1.29 is 0 Å². The summed E-state index contributed by atoms with van der Waals surface area (Å²) in [5.41, 5.74) is 10.7. The van der Waals surface area contributed by atoms with E-state index in [9.17, 15) is 0 Å². The average molecular weight is 251 g/mol. The Morgan fingerprint density at radius 2 is 1.84 bits per heavy atom. The highest BCUT2D eigenvalue weighted by molar-refractivity contribution is 5.71. The molecule has 2 rings (SSSR count). The topological polar surface area (TPSA) is 26.0 Å². The molecule has 0 atom stereocenters. The summed E-state index contributed by atoms with van der Waals surface area (Å²) in [7, 11) is 0. The molecule has 0 radical (unpaired) electrons. The molecule has 0 unspecified atom stereocenters. The predicted molar refractivity (Wildman–Crippen MR) is 83.9 cm³/mol. The van der Waals surface area contributed by atoms with Crippen molar-refractivity contribution in [1.82, 2.24) is 0 Å². The zero-order valence-corrected chi connectivity index (χ0v) is 11.5. The quantitative estimate of drug-likeness (QED) is 0.797. The summed E-state index contributed by atoms with van der Waals surface area (Å²) in [6.45, 7) is 2.89. The molecular formula is C18H21N. The molecule has 0 bridgehead atoms. The maximum absolute atomic E-state index is 5.55. The molecule has 0 aliphatic rings. The van der Waals surface area contributed by atoms with Crippen LogP contribution in [-0.2, 0) is 6.42 Å². The SMILES string of the molecule is Cc1ccccc1/C=C\c1cccc(CCCN)c1. The highest BCUT2D eigenvalue weighted by Gasteiger charge is 1.95. The average Bonchev–Trinajstić information content (AvgIpc) is 2.45. The lowest BCUT2D eigenvalue weighted by Gasteiger charge is -2.02. The summed E-state index contributed by atoms with van der Waals surface area (Å²) in [6.07, 6.45) is 6.46. The molecule has 0 fully saturated rings. The van der Waals surface area contributed by atoms with E-state index < -0.39 is 0 Å². The molecule has 0 aliphatic heterocycles. The van der Waals surface area contributed by atoms with Gasteiger partial charge in [0.25, 0.3) is 0 Å². The smallest absolute Gasteiger partial charge is 0.00741 e. The Morgan fingerprint density at radius 3 is 2.63 bits per heavy atom. The summed E-state index contributed by atoms with van der Waals surface area (Å²) in [5, 5.41) is 0. The second-order valence-corrected chi connectivity index (χ2v) is 4.83. The van der Waals surface area contributed by atoms with Crippen molar-refractivity contribution >= 4 is 12.2 Å². The Labute approximate surface area is 115 Å². The highest BCUT2D eigenvalue weighted by atomic mass is 14.5. The summed E-state index contributed by atoms with van der Waals surface area (Å²) in [4.78, 5) is 0. The molecule has 2 aromatic carbocycles. The summed E-state index contributed by atoms with van der Waals surface area (Å²) >= 11 is 0. The lowest BCUT2D eigenvalue weighted by Crippen LogP contribution is -2.00. The van der Waals surface area contributed by atoms with E-state index in [2.05, 4.69) is 67.6 Å². The predicted octanol–water partition coefficient (Wildman–Crippen LogP) is 4.06. The van der Waals surface area contributed by atoms with Gasteiger partial charge in [0.1, 0.15) is 0 Å². The van der Waals surface area contributed by atoms with Gasteiger partial charge in [0.05, 0.1) is 0 Å². The van der Waals surface area contributed by atoms with Gasteiger partial charge >= 0.3 is 0 Å². The van der Waals surface area contributed by atoms with Crippen molar-refractivity contribution in [3.05, 3.63) is 70.8 Å². The van der Waals surface area contributed by atoms with Gasteiger partial charge in [-0.3, -0.25) is 0 Å². The van der Waals surface area contributed by atoms with Crippen LogP contribution in [0.25, 0.3) is 12.2 Å². The molecule has 0 aromatic heterocycles. The van der Waals surface area contributed by atoms with Gasteiger partial charge in [-0.05, 0) is 48.6 Å². The van der Waals surface area contributed by atoms with Crippen LogP contribution in [0.5, 0.6) is 0 Å². The Hall–Kier alpha value is -1.86. The summed E-state index contributed by atoms with van der Waals surface area (Å²) < 4.78 is 0. The molecule has 0 spiro atoms. The number of hydrogen-bond acceptors (Lipinski definition) is 1. The first kappa shape index (κ1) is 13.6. The van der Waals surface area contributed by atoms with E-state index in [-0.39, 0.29) is 0 Å². The molecule has 0 heterocycles. The van der Waals surface area contributed by atoms with E-state index in [4.69, 9.17) is 5.73 Å². The van der Waals surface area contributed by atoms with Crippen LogP contribution in [0, 0.1) is 6.92 Å². The minimum Gasteiger partial charge on any atom is -0.330 e. The third-order valence-electron chi connectivity index (χ3n) is 3.26. The van der Waals surface area contributed by atoms with Gasteiger partial charge < -0.3 is 5.73 Å². The first-order valence-corrected chi connectivity index (χ1v) is 6.82. The Kier molecular flexibility index (Phi) is 4.93. The molecular weight excluding hydrogens is 230 g/mol. The van der Waals surface area contributed by atoms with E-state index in [0.29, 0.717) is 0 Å². The van der Waals surface area contributed by atoms with Gasteiger partial charge in [0.15, 0.2) is 0 Å². The van der Waals surface area contributed by atoms with E-state index >= 15 is 0 Å². The normalized spacial score (nSPS) is 11.1. The molecule has 0 saturated carbocycles. The monoisotopic (exact) mass is 251 g/mol. The van der Waals surface area contributed by atoms with Gasteiger partial charge in [-0.2, -0.15) is 0 Å². The third kappa shape index (κ3) is 4.08. The largest absolute Gasteiger partial charge is 0.330 e. The summed E-state index contributed by atoms with van der Waals surface area (Å²) in [5.74, 6) is 0. The van der Waals surface area contributed by atoms with Crippen LogP contribution in [0.1, 0.15) is 28.7 Å². The molecule has 0 amide bonds. The maximum Gasteiger partial charge on any atom is -0.00741 e. The van der Waals surface area contributed by atoms with Gasteiger partial charge in [0, 0.05) is 0 Å². The number of hydrogen-bond donors (Lipinski definition) is 1. The van der Waals surface area contributed by atoms with E-state index in [1.54, 1.807) is 0 Å². The number of nitrogens with two attached hydrogens (primary N) is 1. The second-order valence-electron chi connectivity index (χ2n) is 4.83. The third-order valence-corrected chi connectivity index (χ3v) is 3.26. The molecule has 0 saturated heterocycles. The number of aryl methyl sites for hydroxylation is 2. The molecule has 19 heavy (non-hydrogen) atoms. The van der Waals surface area contributed by atoms with Crippen LogP contribution in [0.3, 0.4) is 0 Å². The highest BCUT2D eigenvalue weighted by Crippen LogP contribution is 2.14. The van der Waals surface area contributed by atoms with E-state index in [1.165, 1.54) is 22.3 Å². The van der Waals surface area contributed by atoms with Crippen LogP contribution in [-0.4, -0.2) is 6.54 Å². The fraction of sp³-hybridized carbons (Fsp3) is 0.222. The molecule has 98 valence electrons. The van der Waals surface area contributed by atoms with Gasteiger partial charge in [-0.25, -0.2) is 0 Å². The van der Waals surface area contributed by atoms with Crippen LogP contribution in [0.2, 0.25) is 0 Å². The lowest BCUT2D eigenvalue weighted by molar-refractivity contribution is 0.832. The molecule has 2 N–H and O–H groups in total. The Balaban J connectivity index is 2.12. The minimum absolute atomic E-state index is 0.753. The van der Waals surface area contributed by atoms with Crippen LogP contribution < -0.4 is 5.73 Å². The van der Waals surface area contributed by atoms with Crippen molar-refractivity contribution in [3.8, 4) is 0 Å². The van der Waals surface area contributed by atoms with Crippen molar-refractivity contribution in [3.63, 3.8) is 0 Å². The summed E-state index contributed by atoms with van der Waals surface area (Å²) in [6, 6.07) is 17.1. The van der Waals surface area contributed by atoms with Gasteiger partial charge in [0.2, 0.25) is 0 Å². The van der Waals surface area contributed by atoms with Crippen molar-refractivity contribution in [2.75, 3.05) is 6.54 Å². The van der Waals surface area contributed by atoms with E-state index in [1.807, 2.05) is 0 Å². The standard InChI is InChI=1S/C18H21N/c1-15-6-2-3-10-18(15)12-11-17-8-4-7-16(14-17)9-5-13-19/h2-4,6-8,10-12,14H,5,9,13,19H2,1H3/b12-11-. The Bertz CT molecular complexity index is 555. The lowest BCUT2D eigenvalue weighted by atomic mass is 10.0. The minimum atomic E-state index is 0.753. The second kappa shape index (κ2) is 6.91. The Morgan fingerprint density at radius 1 is 1.00 bits per heavy atom. The fourth-order valence-electron chi connectivity index (χ4n) is 2.12. The first-order chi connectivity index (χ1) is 9.29. The van der Waals surface area contributed by atoms with Crippen molar-refractivity contribution in [2.45, 2.75) is 19.8 Å². The molecule has 1 heteroatoms. The van der Waals surface area contributed by atoms with Crippen LogP contribution in [0.4, 0.5) is 0 Å². The number of benzene rings is 2. The van der Waals surface area contributed by atoms with Crippen LogP contribution >= 0.6 is 0 Å². The van der Waals surface area contributed by atoms with Crippen LogP contribution in [0.15, 0.2) is 48.5 Å². The first-order valence-electron chi connectivity index (χ1n) is 6.82.